The number of rotatable bonds is 7. The van der Waals surface area contributed by atoms with Gasteiger partial charge in [-0.2, -0.15) is 0 Å². The van der Waals surface area contributed by atoms with E-state index in [1.54, 1.807) is 0 Å². The van der Waals surface area contributed by atoms with Crippen molar-refractivity contribution in [3.8, 4) is 23.0 Å². The summed E-state index contributed by atoms with van der Waals surface area (Å²) in [5.74, 6) is -2.74. The van der Waals surface area contributed by atoms with E-state index >= 15 is 0 Å². The molecule has 0 unspecified atom stereocenters. The Kier molecular flexibility index (Phi) is 6.28. The lowest BCUT2D eigenvalue weighted by molar-refractivity contribution is -0.132. The molecule has 8 nitrogen and oxygen atoms in total. The number of benzene rings is 2. The molecule has 0 saturated heterocycles. The summed E-state index contributed by atoms with van der Waals surface area (Å²) in [6, 6.07) is 8.24. The van der Waals surface area contributed by atoms with Gasteiger partial charge < -0.3 is 29.9 Å². The van der Waals surface area contributed by atoms with Crippen molar-refractivity contribution < 1.29 is 39.5 Å². The van der Waals surface area contributed by atoms with Gasteiger partial charge in [0.15, 0.2) is 23.0 Å². The average molecular weight is 386 g/mol. The number of methoxy groups -OCH3 is 2. The number of aromatic hydroxyl groups is 2. The zero-order valence-electron chi connectivity index (χ0n) is 15.0. The Morgan fingerprint density at radius 3 is 1.39 bits per heavy atom. The number of allylic oxidation sites excluding steroid dienone is 2. The van der Waals surface area contributed by atoms with E-state index in [0.29, 0.717) is 11.1 Å². The Morgan fingerprint density at radius 1 is 0.750 bits per heavy atom. The van der Waals surface area contributed by atoms with Crippen molar-refractivity contribution in [2.45, 2.75) is 0 Å². The number of ether oxygens (including phenoxy) is 2. The third-order valence-electron chi connectivity index (χ3n) is 3.81. The summed E-state index contributed by atoms with van der Waals surface area (Å²) in [5, 5.41) is 38.2. The van der Waals surface area contributed by atoms with Crippen molar-refractivity contribution in [1.29, 1.82) is 0 Å². The average Bonchev–Trinajstić information content (AvgIpc) is 2.65. The van der Waals surface area contributed by atoms with Crippen LogP contribution in [0.4, 0.5) is 0 Å². The normalized spacial score (nSPS) is 11.8. The van der Waals surface area contributed by atoms with Gasteiger partial charge in [-0.05, 0) is 46.5 Å². The molecule has 28 heavy (non-hydrogen) atoms. The number of carbonyl (C=O) groups is 2. The minimum Gasteiger partial charge on any atom is -0.504 e. The van der Waals surface area contributed by atoms with Gasteiger partial charge in [-0.25, -0.2) is 9.59 Å². The first kappa shape index (κ1) is 20.4. The fourth-order valence-electron chi connectivity index (χ4n) is 2.57. The number of phenols is 2. The zero-order valence-corrected chi connectivity index (χ0v) is 15.0. The van der Waals surface area contributed by atoms with Crippen LogP contribution < -0.4 is 9.47 Å². The van der Waals surface area contributed by atoms with E-state index in [4.69, 9.17) is 9.47 Å². The van der Waals surface area contributed by atoms with Crippen LogP contribution in [0.25, 0.3) is 11.1 Å². The Hall–Kier alpha value is -3.94. The lowest BCUT2D eigenvalue weighted by Gasteiger charge is -2.15. The third-order valence-corrected chi connectivity index (χ3v) is 3.81. The number of carboxylic acid groups (broad SMARTS) is 2. The van der Waals surface area contributed by atoms with Gasteiger partial charge in [0, 0.05) is 12.2 Å². The molecule has 0 atom stereocenters. The monoisotopic (exact) mass is 386 g/mol. The van der Waals surface area contributed by atoms with E-state index in [0.717, 1.165) is 12.2 Å². The number of hydrogen-bond acceptors (Lipinski definition) is 6. The number of aliphatic carboxylic acids is 2. The van der Waals surface area contributed by atoms with Crippen molar-refractivity contribution in [2.75, 3.05) is 14.2 Å². The van der Waals surface area contributed by atoms with Crippen LogP contribution in [0.1, 0.15) is 11.1 Å². The molecule has 0 amide bonds. The Morgan fingerprint density at radius 2 is 1.11 bits per heavy atom. The first-order valence-corrected chi connectivity index (χ1v) is 7.91. The third kappa shape index (κ3) is 4.61. The highest BCUT2D eigenvalue weighted by Gasteiger charge is 2.17. The van der Waals surface area contributed by atoms with Crippen molar-refractivity contribution >= 4 is 23.1 Å². The molecule has 0 spiro atoms. The molecule has 2 rings (SSSR count). The molecule has 0 aliphatic heterocycles. The summed E-state index contributed by atoms with van der Waals surface area (Å²) in [5.41, 5.74) is 0.718. The molecule has 0 aromatic heterocycles. The second-order valence-electron chi connectivity index (χ2n) is 5.57. The van der Waals surface area contributed by atoms with Gasteiger partial charge in [0.25, 0.3) is 0 Å². The van der Waals surface area contributed by atoms with E-state index in [-0.39, 0.29) is 34.1 Å². The molecule has 0 heterocycles. The van der Waals surface area contributed by atoms with Crippen LogP contribution in [0.15, 0.2) is 48.6 Å². The molecule has 0 saturated carbocycles. The molecule has 0 aliphatic carbocycles. The summed E-state index contributed by atoms with van der Waals surface area (Å²) in [4.78, 5) is 22.8. The molecule has 0 fully saturated rings. The van der Waals surface area contributed by atoms with E-state index in [2.05, 4.69) is 0 Å². The predicted molar refractivity (Wildman–Crippen MR) is 101 cm³/mol. The highest BCUT2D eigenvalue weighted by molar-refractivity contribution is 6.14. The van der Waals surface area contributed by atoms with Gasteiger partial charge in [0.2, 0.25) is 0 Å². The minimum atomic E-state index is -1.30. The maximum Gasteiger partial charge on any atom is 0.328 e. The fourth-order valence-corrected chi connectivity index (χ4v) is 2.57. The first-order chi connectivity index (χ1) is 13.3. The molecule has 0 bridgehead atoms. The highest BCUT2D eigenvalue weighted by atomic mass is 16.5. The first-order valence-electron chi connectivity index (χ1n) is 7.91. The SMILES string of the molecule is COc1cc(C(=C/C(=O)O)/C(=C\C(=O)O)c2ccc(O)c(OC)c2)ccc1O. The van der Waals surface area contributed by atoms with Gasteiger partial charge in [0.1, 0.15) is 0 Å². The Balaban J connectivity index is 2.76. The van der Waals surface area contributed by atoms with E-state index < -0.39 is 11.9 Å². The molecule has 146 valence electrons. The highest BCUT2D eigenvalue weighted by Crippen LogP contribution is 2.38. The summed E-state index contributed by atoms with van der Waals surface area (Å²) in [6.07, 6.45) is 1.69. The van der Waals surface area contributed by atoms with Gasteiger partial charge >= 0.3 is 11.9 Å². The smallest absolute Gasteiger partial charge is 0.328 e. The second-order valence-corrected chi connectivity index (χ2v) is 5.57. The van der Waals surface area contributed by atoms with Gasteiger partial charge in [-0.1, -0.05) is 12.1 Å². The minimum absolute atomic E-state index is 0.0564. The summed E-state index contributed by atoms with van der Waals surface area (Å²) in [7, 11) is 2.66. The van der Waals surface area contributed by atoms with E-state index in [1.165, 1.54) is 50.6 Å². The van der Waals surface area contributed by atoms with Crippen molar-refractivity contribution in [1.82, 2.24) is 0 Å². The van der Waals surface area contributed by atoms with Crippen LogP contribution in [0.2, 0.25) is 0 Å². The van der Waals surface area contributed by atoms with Gasteiger partial charge in [0.05, 0.1) is 14.2 Å². The van der Waals surface area contributed by atoms with Crippen LogP contribution in [0, 0.1) is 0 Å². The second kappa shape index (κ2) is 8.63. The molecular weight excluding hydrogens is 368 g/mol. The summed E-state index contributed by atoms with van der Waals surface area (Å²) in [6.45, 7) is 0. The number of hydrogen-bond donors (Lipinski definition) is 4. The summed E-state index contributed by atoms with van der Waals surface area (Å²) >= 11 is 0. The maximum absolute atomic E-state index is 11.4. The fraction of sp³-hybridized carbons (Fsp3) is 0.100. The molecule has 8 heteroatoms. The van der Waals surface area contributed by atoms with Crippen LogP contribution in [0.3, 0.4) is 0 Å². The quantitative estimate of drug-likeness (QED) is 0.422. The zero-order chi connectivity index (χ0) is 20.8. The van der Waals surface area contributed by atoms with Crippen molar-refractivity contribution in [3.63, 3.8) is 0 Å². The summed E-state index contributed by atoms with van der Waals surface area (Å²) < 4.78 is 10.1. The van der Waals surface area contributed by atoms with Crippen molar-refractivity contribution in [3.05, 3.63) is 59.7 Å². The van der Waals surface area contributed by atoms with Crippen LogP contribution in [0.5, 0.6) is 23.0 Å². The van der Waals surface area contributed by atoms with Crippen LogP contribution >= 0.6 is 0 Å². The maximum atomic E-state index is 11.4. The van der Waals surface area contributed by atoms with Crippen LogP contribution in [-0.2, 0) is 9.59 Å². The standard InChI is InChI=1S/C20H18O8/c1-27-17-7-11(3-5-15(17)21)13(9-19(23)24)14(10-20(25)26)12-4-6-16(22)18(8-12)28-2/h3-10,21-22H,1-2H3,(H,23,24)(H,25,26)/b13-9-,14-10-. The van der Waals surface area contributed by atoms with Crippen molar-refractivity contribution in [2.24, 2.45) is 0 Å². The molecule has 2 aromatic carbocycles. The molecule has 0 radical (unpaired) electrons. The Bertz CT molecular complexity index is 893. The van der Waals surface area contributed by atoms with Gasteiger partial charge in [-0.15, -0.1) is 0 Å². The number of phenolic OH excluding ortho intramolecular Hbond substituents is 2. The lowest BCUT2D eigenvalue weighted by Crippen LogP contribution is -2.00. The molecular formula is C20H18O8. The molecule has 0 aliphatic rings. The topological polar surface area (TPSA) is 134 Å². The van der Waals surface area contributed by atoms with E-state index in [9.17, 15) is 30.0 Å². The van der Waals surface area contributed by atoms with Gasteiger partial charge in [-0.3, -0.25) is 0 Å². The van der Waals surface area contributed by atoms with E-state index in [1.807, 2.05) is 0 Å². The number of carboxylic acids is 2. The lowest BCUT2D eigenvalue weighted by atomic mass is 9.91. The Labute approximate surface area is 160 Å². The van der Waals surface area contributed by atoms with Crippen LogP contribution in [-0.4, -0.2) is 46.6 Å². The predicted octanol–water partition coefficient (Wildman–Crippen LogP) is 2.75. The molecule has 2 aromatic rings. The molecule has 4 N–H and O–H groups in total. The largest absolute Gasteiger partial charge is 0.504 e.